The second-order valence-electron chi connectivity index (χ2n) is 13.4. The van der Waals surface area contributed by atoms with E-state index in [0.29, 0.717) is 43.9 Å². The molecule has 8 rings (SSSR count). The Morgan fingerprint density at radius 3 is 2.72 bits per heavy atom. The number of piperazine rings is 1. The Balaban J connectivity index is 0.907. The van der Waals surface area contributed by atoms with Crippen LogP contribution in [-0.2, 0) is 20.8 Å². The second-order valence-corrected chi connectivity index (χ2v) is 13.8. The first-order valence-electron chi connectivity index (χ1n) is 15.9. The zero-order valence-corrected chi connectivity index (χ0v) is 25.6. The fraction of sp³-hybridized carbons (Fsp3) is 0.529. The first-order valence-corrected chi connectivity index (χ1v) is 16.3. The molecule has 2 atom stereocenters. The number of H-pyrrole nitrogens is 1. The van der Waals surface area contributed by atoms with E-state index in [9.17, 15) is 14.4 Å². The van der Waals surface area contributed by atoms with Crippen LogP contribution >= 0.6 is 11.6 Å². The van der Waals surface area contributed by atoms with Crippen molar-refractivity contribution in [1.82, 2.24) is 20.2 Å². The van der Waals surface area contributed by atoms with Gasteiger partial charge in [0.25, 0.3) is 0 Å². The lowest BCUT2D eigenvalue weighted by Crippen LogP contribution is -2.52. The molecule has 0 radical (unpaired) electrons. The quantitative estimate of drug-likeness (QED) is 0.306. The lowest BCUT2D eigenvalue weighted by molar-refractivity contribution is -0.137. The molecule has 2 aromatic heterocycles. The number of aryl methyl sites for hydroxylation is 1. The number of fused-ring (bicyclic) bond motifs is 1. The smallest absolute Gasteiger partial charge is 0.246 e. The topological polar surface area (TPSA) is 98.4 Å². The summed E-state index contributed by atoms with van der Waals surface area (Å²) < 4.78 is 0. The molecule has 1 aliphatic heterocycles. The number of amides is 3. The van der Waals surface area contributed by atoms with Crippen LogP contribution in [0, 0.1) is 23.2 Å². The number of carbonyl (C=O) groups is 3. The summed E-state index contributed by atoms with van der Waals surface area (Å²) in [5, 5.41) is 4.65. The van der Waals surface area contributed by atoms with Crippen molar-refractivity contribution >= 4 is 46.0 Å². The predicted octanol–water partition coefficient (Wildman–Crippen LogP) is 5.73. The molecular weight excluding hydrogens is 562 g/mol. The number of rotatable bonds is 9. The highest BCUT2D eigenvalue weighted by Crippen LogP contribution is 2.65. The van der Waals surface area contributed by atoms with Crippen LogP contribution in [-0.4, -0.2) is 58.8 Å². The molecule has 3 aromatic rings. The van der Waals surface area contributed by atoms with Gasteiger partial charge in [0, 0.05) is 61.5 Å². The molecule has 1 saturated heterocycles. The third-order valence-electron chi connectivity index (χ3n) is 10.6. The van der Waals surface area contributed by atoms with Crippen LogP contribution in [0.2, 0.25) is 5.02 Å². The van der Waals surface area contributed by atoms with Gasteiger partial charge in [-0.1, -0.05) is 30.7 Å². The predicted molar refractivity (Wildman–Crippen MR) is 168 cm³/mol. The highest BCUT2D eigenvalue weighted by atomic mass is 35.5. The van der Waals surface area contributed by atoms with Gasteiger partial charge in [-0.3, -0.25) is 14.4 Å². The molecule has 43 heavy (non-hydrogen) atoms. The summed E-state index contributed by atoms with van der Waals surface area (Å²) in [5.41, 5.74) is 4.62. The first-order chi connectivity index (χ1) is 20.8. The molecule has 3 amide bonds. The van der Waals surface area contributed by atoms with Crippen LogP contribution < -0.4 is 10.2 Å². The Hall–Kier alpha value is -3.39. The number of nitrogens with one attached hydrogen (secondary N) is 2. The van der Waals surface area contributed by atoms with Gasteiger partial charge in [-0.25, -0.2) is 4.98 Å². The van der Waals surface area contributed by atoms with Crippen LogP contribution in [0.3, 0.4) is 0 Å². The molecule has 3 heterocycles. The summed E-state index contributed by atoms with van der Waals surface area (Å²) in [5.74, 6) is 2.56. The number of carbonyl (C=O) groups excluding carboxylic acids is 3. The fourth-order valence-electron chi connectivity index (χ4n) is 8.82. The third kappa shape index (κ3) is 5.32. The van der Waals surface area contributed by atoms with Crippen molar-refractivity contribution in [3.63, 3.8) is 0 Å². The molecule has 2 N–H and O–H groups in total. The van der Waals surface area contributed by atoms with Gasteiger partial charge in [-0.05, 0) is 91.4 Å². The molecule has 1 aromatic carbocycles. The maximum Gasteiger partial charge on any atom is 0.246 e. The van der Waals surface area contributed by atoms with E-state index in [-0.39, 0.29) is 29.7 Å². The Kier molecular flexibility index (Phi) is 7.44. The van der Waals surface area contributed by atoms with E-state index in [0.717, 1.165) is 57.6 Å². The highest BCUT2D eigenvalue weighted by Gasteiger charge is 2.56. The van der Waals surface area contributed by atoms with E-state index < -0.39 is 0 Å². The minimum absolute atomic E-state index is 0.0371. The molecule has 9 heteroatoms. The Bertz CT molecular complexity index is 1560. The summed E-state index contributed by atoms with van der Waals surface area (Å²) in [6.45, 7) is 3.55. The van der Waals surface area contributed by atoms with Crippen molar-refractivity contribution in [2.24, 2.45) is 23.2 Å². The first kappa shape index (κ1) is 28.4. The fourth-order valence-corrected chi connectivity index (χ4v) is 9.19. The zero-order valence-electron chi connectivity index (χ0n) is 24.8. The van der Waals surface area contributed by atoms with Crippen LogP contribution in [0.5, 0.6) is 0 Å². The van der Waals surface area contributed by atoms with E-state index in [1.807, 2.05) is 30.5 Å². The maximum absolute atomic E-state index is 13.2. The summed E-state index contributed by atoms with van der Waals surface area (Å²) in [6.07, 6.45) is 12.6. The zero-order chi connectivity index (χ0) is 29.7. The molecule has 8 nitrogen and oxygen atoms in total. The molecule has 0 spiro atoms. The van der Waals surface area contributed by atoms with Gasteiger partial charge in [0.1, 0.15) is 12.2 Å². The third-order valence-corrected chi connectivity index (χ3v) is 11.0. The van der Waals surface area contributed by atoms with E-state index in [1.165, 1.54) is 32.1 Å². The van der Waals surface area contributed by atoms with Crippen molar-refractivity contribution in [3.05, 3.63) is 47.2 Å². The molecular formula is C34H40ClN5O3. The average molecular weight is 602 g/mol. The molecule has 4 bridgehead atoms. The summed E-state index contributed by atoms with van der Waals surface area (Å²) >= 11 is 6.85. The summed E-state index contributed by atoms with van der Waals surface area (Å²) in [7, 11) is 0. The Labute approximate surface area is 257 Å². The average Bonchev–Trinajstić information content (AvgIpc) is 3.62. The van der Waals surface area contributed by atoms with Gasteiger partial charge in [0.05, 0.1) is 5.02 Å². The second kappa shape index (κ2) is 11.3. The number of nitrogens with zero attached hydrogens (tertiary/aromatic N) is 3. The van der Waals surface area contributed by atoms with Gasteiger partial charge in [0.15, 0.2) is 0 Å². The SMILES string of the molecule is CCc1c[nH]c2ncc(-c3cccc(N4CCN(C(=O)CCCNC(=O)CC56CC7CC(C5)C(C7)C6)CC4=O)c3)c(Cl)c12. The number of hydrogen-bond donors (Lipinski definition) is 2. The van der Waals surface area contributed by atoms with Crippen molar-refractivity contribution in [3.8, 4) is 11.1 Å². The van der Waals surface area contributed by atoms with Gasteiger partial charge >= 0.3 is 0 Å². The minimum atomic E-state index is -0.108. The number of benzene rings is 1. The van der Waals surface area contributed by atoms with Crippen LogP contribution in [0.25, 0.3) is 22.2 Å². The van der Waals surface area contributed by atoms with E-state index in [4.69, 9.17) is 11.6 Å². The summed E-state index contributed by atoms with van der Waals surface area (Å²) in [4.78, 5) is 49.9. The Morgan fingerprint density at radius 1 is 1.16 bits per heavy atom. The van der Waals surface area contributed by atoms with Gasteiger partial charge in [-0.15, -0.1) is 0 Å². The largest absolute Gasteiger partial charge is 0.356 e. The van der Waals surface area contributed by atoms with Crippen molar-refractivity contribution in [2.75, 3.05) is 31.1 Å². The molecule has 4 saturated carbocycles. The van der Waals surface area contributed by atoms with E-state index in [1.54, 1.807) is 16.0 Å². The lowest BCUT2D eigenvalue weighted by atomic mass is 9.67. The molecule has 2 unspecified atom stereocenters. The lowest BCUT2D eigenvalue weighted by Gasteiger charge is -2.38. The number of aromatic nitrogens is 2. The molecule has 4 aliphatic carbocycles. The number of aromatic amines is 1. The number of hydrogen-bond acceptors (Lipinski definition) is 4. The van der Waals surface area contributed by atoms with Gasteiger partial charge < -0.3 is 20.1 Å². The summed E-state index contributed by atoms with van der Waals surface area (Å²) in [6, 6.07) is 7.77. The minimum Gasteiger partial charge on any atom is -0.356 e. The highest BCUT2D eigenvalue weighted by molar-refractivity contribution is 6.38. The van der Waals surface area contributed by atoms with Crippen molar-refractivity contribution < 1.29 is 14.4 Å². The van der Waals surface area contributed by atoms with E-state index in [2.05, 4.69) is 22.2 Å². The maximum atomic E-state index is 13.2. The monoisotopic (exact) mass is 601 g/mol. The Morgan fingerprint density at radius 2 is 1.98 bits per heavy atom. The van der Waals surface area contributed by atoms with Gasteiger partial charge in [0.2, 0.25) is 17.7 Å². The van der Waals surface area contributed by atoms with Gasteiger partial charge in [-0.2, -0.15) is 0 Å². The normalized spacial score (nSPS) is 26.1. The number of anilines is 1. The van der Waals surface area contributed by atoms with Crippen LogP contribution in [0.4, 0.5) is 5.69 Å². The molecule has 5 fully saturated rings. The van der Waals surface area contributed by atoms with Crippen molar-refractivity contribution in [2.45, 2.75) is 64.7 Å². The van der Waals surface area contributed by atoms with Crippen LogP contribution in [0.15, 0.2) is 36.7 Å². The van der Waals surface area contributed by atoms with Crippen molar-refractivity contribution in [1.29, 1.82) is 0 Å². The van der Waals surface area contributed by atoms with Crippen LogP contribution in [0.1, 0.15) is 63.9 Å². The molecule has 5 aliphatic rings. The number of pyridine rings is 1. The number of halogens is 1. The standard InChI is InChI=1S/C34H40ClN5O3/c1-2-22-18-37-33-31(22)32(35)27(19-38-33)23-5-3-6-26(13-23)40-10-9-39(20-30(40)43)29(42)7-4-8-36-28(41)17-34-14-21-11-24(15-34)25(12-21)16-34/h3,5-6,13,18-19,21,24-25H,2,4,7-12,14-17,20H2,1H3,(H,36,41)(H,37,38). The van der Waals surface area contributed by atoms with E-state index >= 15 is 0 Å². The molecule has 226 valence electrons.